The van der Waals surface area contributed by atoms with Crippen molar-refractivity contribution in [1.82, 2.24) is 4.57 Å². The van der Waals surface area contributed by atoms with E-state index >= 15 is 0 Å². The first kappa shape index (κ1) is 22.5. The van der Waals surface area contributed by atoms with Crippen molar-refractivity contribution in [3.8, 4) is 5.75 Å². The van der Waals surface area contributed by atoms with Gasteiger partial charge in [0.25, 0.3) is 5.56 Å². The largest absolute Gasteiger partial charge is 0.508 e. The predicted molar refractivity (Wildman–Crippen MR) is 129 cm³/mol. The van der Waals surface area contributed by atoms with Crippen LogP contribution in [0.1, 0.15) is 31.0 Å². The minimum Gasteiger partial charge on any atom is -0.508 e. The second kappa shape index (κ2) is 9.07. The van der Waals surface area contributed by atoms with Gasteiger partial charge in [-0.3, -0.25) is 9.36 Å². The summed E-state index contributed by atoms with van der Waals surface area (Å²) in [5.74, 6) is -0.362. The lowest BCUT2D eigenvalue weighted by Crippen LogP contribution is -2.39. The van der Waals surface area contributed by atoms with Gasteiger partial charge in [-0.15, -0.1) is 0 Å². The number of aromatic hydroxyl groups is 1. The van der Waals surface area contributed by atoms with Crippen molar-refractivity contribution >= 4 is 29.1 Å². The highest BCUT2D eigenvalue weighted by atomic mass is 32.1. The highest BCUT2D eigenvalue weighted by molar-refractivity contribution is 7.07. The fourth-order valence-corrected chi connectivity index (χ4v) is 4.87. The molecule has 0 radical (unpaired) electrons. The van der Waals surface area contributed by atoms with Gasteiger partial charge in [0.05, 0.1) is 28.5 Å². The van der Waals surface area contributed by atoms with Gasteiger partial charge in [-0.05, 0) is 55.3 Å². The number of fused-ring (bicyclic) bond motifs is 1. The van der Waals surface area contributed by atoms with Crippen LogP contribution in [0.25, 0.3) is 6.08 Å². The van der Waals surface area contributed by atoms with Crippen molar-refractivity contribution in [2.24, 2.45) is 4.99 Å². The number of aromatic nitrogens is 1. The molecule has 0 saturated heterocycles. The Bertz CT molecular complexity index is 1420. The fourth-order valence-electron chi connectivity index (χ4n) is 3.83. The number of nitrogens with zero attached hydrogens (tertiary/aromatic N) is 3. The van der Waals surface area contributed by atoms with Crippen LogP contribution in [0.15, 0.2) is 69.6 Å². The molecule has 0 spiro atoms. The smallest absolute Gasteiger partial charge is 0.338 e. The number of hydrogen-bond acceptors (Lipinski definition) is 7. The summed E-state index contributed by atoms with van der Waals surface area (Å²) >= 11 is 1.25. The average molecular weight is 464 g/mol. The van der Waals surface area contributed by atoms with Gasteiger partial charge >= 0.3 is 5.97 Å². The number of phenolic OH excluding ortho intramolecular Hbond substituents is 1. The van der Waals surface area contributed by atoms with Crippen molar-refractivity contribution < 1.29 is 14.6 Å². The highest BCUT2D eigenvalue weighted by Gasteiger charge is 2.33. The van der Waals surface area contributed by atoms with Crippen molar-refractivity contribution in [1.29, 1.82) is 0 Å². The SMILES string of the molecule is CCOC(=O)C1=C(C)N=c2sc(=Cc3cccc(O)c3)c(=O)n2[C@H]1c1ccc(N(C)C)cc1. The van der Waals surface area contributed by atoms with Crippen molar-refractivity contribution in [2.75, 3.05) is 25.6 Å². The number of anilines is 1. The molecule has 1 N–H and O–H groups in total. The van der Waals surface area contributed by atoms with Crippen LogP contribution in [-0.2, 0) is 9.53 Å². The molecule has 1 atom stereocenters. The molecule has 33 heavy (non-hydrogen) atoms. The zero-order chi connectivity index (χ0) is 23.7. The summed E-state index contributed by atoms with van der Waals surface area (Å²) in [4.78, 5) is 33.5. The Morgan fingerprint density at radius 1 is 1.24 bits per heavy atom. The maximum Gasteiger partial charge on any atom is 0.338 e. The minimum atomic E-state index is -0.650. The lowest BCUT2D eigenvalue weighted by atomic mass is 9.95. The summed E-state index contributed by atoms with van der Waals surface area (Å²) in [6.45, 7) is 3.74. The number of hydrogen-bond donors (Lipinski definition) is 1. The lowest BCUT2D eigenvalue weighted by molar-refractivity contribution is -0.139. The second-order valence-electron chi connectivity index (χ2n) is 7.88. The molecule has 0 bridgehead atoms. The molecule has 4 rings (SSSR count). The van der Waals surface area contributed by atoms with Gasteiger partial charge in [0, 0.05) is 19.8 Å². The van der Waals surface area contributed by atoms with Crippen LogP contribution < -0.4 is 19.8 Å². The molecular weight excluding hydrogens is 438 g/mol. The van der Waals surface area contributed by atoms with Crippen molar-refractivity contribution in [3.63, 3.8) is 0 Å². The van der Waals surface area contributed by atoms with Crippen LogP contribution in [0.4, 0.5) is 5.69 Å². The van der Waals surface area contributed by atoms with Crippen LogP contribution >= 0.6 is 11.3 Å². The third kappa shape index (κ3) is 4.34. The Balaban J connectivity index is 1.94. The Kier molecular flexibility index (Phi) is 6.20. The van der Waals surface area contributed by atoms with E-state index in [2.05, 4.69) is 4.99 Å². The van der Waals surface area contributed by atoms with Crippen molar-refractivity contribution in [3.05, 3.63) is 90.6 Å². The molecular formula is C25H25N3O4S. The Hall–Kier alpha value is -3.65. The fraction of sp³-hybridized carbons (Fsp3) is 0.240. The monoisotopic (exact) mass is 463 g/mol. The van der Waals surface area contributed by atoms with Gasteiger partial charge in [-0.2, -0.15) is 0 Å². The molecule has 7 nitrogen and oxygen atoms in total. The number of rotatable bonds is 5. The van der Waals surface area contributed by atoms with Crippen LogP contribution in [0, 0.1) is 0 Å². The summed E-state index contributed by atoms with van der Waals surface area (Å²) in [6, 6.07) is 13.8. The van der Waals surface area contributed by atoms with Gasteiger partial charge in [-0.1, -0.05) is 35.6 Å². The van der Waals surface area contributed by atoms with E-state index in [9.17, 15) is 14.7 Å². The van der Waals surface area contributed by atoms with E-state index in [1.54, 1.807) is 42.7 Å². The average Bonchev–Trinajstić information content (AvgIpc) is 3.07. The predicted octanol–water partition coefficient (Wildman–Crippen LogP) is 2.57. The van der Waals surface area contributed by atoms with Gasteiger partial charge in [0.15, 0.2) is 4.80 Å². The third-order valence-electron chi connectivity index (χ3n) is 5.41. The van der Waals surface area contributed by atoms with Crippen molar-refractivity contribution in [2.45, 2.75) is 19.9 Å². The number of carbonyl (C=O) groups excluding carboxylic acids is 1. The molecule has 3 aromatic rings. The summed E-state index contributed by atoms with van der Waals surface area (Å²) < 4.78 is 7.35. The van der Waals surface area contributed by atoms with Gasteiger partial charge in [-0.25, -0.2) is 9.79 Å². The quantitative estimate of drug-likeness (QED) is 0.588. The molecule has 2 aromatic carbocycles. The molecule has 0 aliphatic carbocycles. The molecule has 170 valence electrons. The van der Waals surface area contributed by atoms with E-state index < -0.39 is 12.0 Å². The Morgan fingerprint density at radius 2 is 1.97 bits per heavy atom. The molecule has 0 amide bonds. The third-order valence-corrected chi connectivity index (χ3v) is 6.39. The highest BCUT2D eigenvalue weighted by Crippen LogP contribution is 2.31. The normalized spacial score (nSPS) is 15.8. The van der Waals surface area contributed by atoms with E-state index in [1.165, 1.54) is 11.3 Å². The number of esters is 1. The number of phenols is 1. The first-order valence-corrected chi connectivity index (χ1v) is 11.4. The zero-order valence-corrected chi connectivity index (χ0v) is 19.7. The van der Waals surface area contributed by atoms with Gasteiger partial charge < -0.3 is 14.7 Å². The van der Waals surface area contributed by atoms with Gasteiger partial charge in [0.2, 0.25) is 0 Å². The summed E-state index contributed by atoms with van der Waals surface area (Å²) in [5.41, 5.74) is 3.13. The summed E-state index contributed by atoms with van der Waals surface area (Å²) in [7, 11) is 3.90. The van der Waals surface area contributed by atoms with Crippen LogP contribution in [-0.4, -0.2) is 36.3 Å². The maximum absolute atomic E-state index is 13.5. The van der Waals surface area contributed by atoms with Crippen LogP contribution in [0.5, 0.6) is 5.75 Å². The molecule has 0 fully saturated rings. The Labute approximate surface area is 195 Å². The number of benzene rings is 2. The lowest BCUT2D eigenvalue weighted by Gasteiger charge is -2.25. The molecule has 8 heteroatoms. The molecule has 1 aromatic heterocycles. The number of thiazole rings is 1. The van der Waals surface area contributed by atoms with E-state index in [0.717, 1.165) is 11.3 Å². The second-order valence-corrected chi connectivity index (χ2v) is 8.89. The number of carbonyl (C=O) groups is 1. The van der Waals surface area contributed by atoms with E-state index in [-0.39, 0.29) is 17.9 Å². The van der Waals surface area contributed by atoms with E-state index in [4.69, 9.17) is 4.74 Å². The molecule has 0 saturated carbocycles. The minimum absolute atomic E-state index is 0.121. The molecule has 1 aliphatic rings. The molecule has 1 aliphatic heterocycles. The Morgan fingerprint density at radius 3 is 2.61 bits per heavy atom. The summed E-state index contributed by atoms with van der Waals surface area (Å²) in [6.07, 6.45) is 1.72. The zero-order valence-electron chi connectivity index (χ0n) is 18.9. The number of allylic oxidation sites excluding steroid dienone is 1. The van der Waals surface area contributed by atoms with E-state index in [0.29, 0.717) is 26.2 Å². The number of ether oxygens (including phenoxy) is 1. The standard InChI is InChI=1S/C25H25N3O4S/c1-5-32-24(31)21-15(2)26-25-28(22(21)17-9-11-18(12-10-17)27(3)4)23(30)20(33-25)14-16-7-6-8-19(29)13-16/h6-14,22,29H,5H2,1-4H3/t22-/m0/s1. The molecule has 0 unspecified atom stereocenters. The van der Waals surface area contributed by atoms with Crippen LogP contribution in [0.2, 0.25) is 0 Å². The topological polar surface area (TPSA) is 84.1 Å². The molecule has 2 heterocycles. The van der Waals surface area contributed by atoms with E-state index in [1.807, 2.05) is 49.3 Å². The summed E-state index contributed by atoms with van der Waals surface area (Å²) in [5, 5.41) is 9.78. The first-order valence-electron chi connectivity index (χ1n) is 10.6. The first-order chi connectivity index (χ1) is 15.8. The van der Waals surface area contributed by atoms with Gasteiger partial charge in [0.1, 0.15) is 5.75 Å². The maximum atomic E-state index is 13.5. The van der Waals surface area contributed by atoms with Crippen LogP contribution in [0.3, 0.4) is 0 Å².